The van der Waals surface area contributed by atoms with Crippen LogP contribution in [-0.2, 0) is 0 Å². The molecular formula is C15H22N4O. The Kier molecular flexibility index (Phi) is 4.28. The normalized spacial score (nSPS) is 20.6. The average molecular weight is 274 g/mol. The van der Waals surface area contributed by atoms with Crippen LogP contribution >= 0.6 is 0 Å². The number of aliphatic hydroxyl groups is 1. The lowest BCUT2D eigenvalue weighted by Crippen LogP contribution is -2.35. The van der Waals surface area contributed by atoms with Crippen LogP contribution in [-0.4, -0.2) is 50.8 Å². The number of likely N-dealkylation sites (tertiary alicyclic amines) is 1. The van der Waals surface area contributed by atoms with Gasteiger partial charge in [0.2, 0.25) is 0 Å². The summed E-state index contributed by atoms with van der Waals surface area (Å²) in [5, 5.41) is 17.5. The fourth-order valence-electron chi connectivity index (χ4n) is 3.05. The minimum absolute atomic E-state index is 0.298. The summed E-state index contributed by atoms with van der Waals surface area (Å²) in [4.78, 5) is 2.49. The number of hydrogen-bond donors (Lipinski definition) is 1. The highest BCUT2D eigenvalue weighted by molar-refractivity contribution is 5.37. The van der Waals surface area contributed by atoms with E-state index in [4.69, 9.17) is 5.11 Å². The molecule has 1 N–H and O–H groups in total. The van der Waals surface area contributed by atoms with Crippen molar-refractivity contribution in [2.45, 2.75) is 31.6 Å². The number of piperidine rings is 1. The Balaban J connectivity index is 1.70. The minimum atomic E-state index is 0.298. The standard InChI is InChI=1S/C15H22N4O/c20-11-4-3-8-18-9-5-6-13(12-18)15-17-16-14-7-1-2-10-19(14)15/h1-2,7,10,13,20H,3-6,8-9,11-12H2. The van der Waals surface area contributed by atoms with Gasteiger partial charge in [-0.25, -0.2) is 0 Å². The second kappa shape index (κ2) is 6.33. The number of pyridine rings is 1. The third-order valence-corrected chi connectivity index (χ3v) is 4.09. The Morgan fingerprint density at radius 2 is 2.20 bits per heavy atom. The molecule has 2 aromatic rings. The Labute approximate surface area is 119 Å². The Morgan fingerprint density at radius 1 is 1.25 bits per heavy atom. The first-order chi connectivity index (χ1) is 9.88. The monoisotopic (exact) mass is 274 g/mol. The predicted octanol–water partition coefficient (Wildman–Crippen LogP) is 1.68. The van der Waals surface area contributed by atoms with Gasteiger partial charge in [-0.3, -0.25) is 4.40 Å². The van der Waals surface area contributed by atoms with Crippen LogP contribution in [0.1, 0.15) is 37.4 Å². The molecule has 1 aliphatic heterocycles. The Morgan fingerprint density at radius 3 is 3.10 bits per heavy atom. The van der Waals surface area contributed by atoms with Gasteiger partial charge in [0, 0.05) is 25.3 Å². The van der Waals surface area contributed by atoms with Gasteiger partial charge in [0.05, 0.1) is 0 Å². The molecule has 5 nitrogen and oxygen atoms in total. The maximum Gasteiger partial charge on any atom is 0.160 e. The Bertz CT molecular complexity index is 554. The zero-order valence-corrected chi connectivity index (χ0v) is 11.8. The maximum absolute atomic E-state index is 8.88. The fourth-order valence-corrected chi connectivity index (χ4v) is 3.05. The van der Waals surface area contributed by atoms with E-state index < -0.39 is 0 Å². The van der Waals surface area contributed by atoms with Crippen molar-refractivity contribution < 1.29 is 5.11 Å². The summed E-state index contributed by atoms with van der Waals surface area (Å²) in [5.41, 5.74) is 0.930. The summed E-state index contributed by atoms with van der Waals surface area (Å²) in [6.45, 7) is 3.60. The molecule has 108 valence electrons. The highest BCUT2D eigenvalue weighted by Crippen LogP contribution is 2.26. The second-order valence-electron chi connectivity index (χ2n) is 5.56. The third-order valence-electron chi connectivity index (χ3n) is 4.09. The summed E-state index contributed by atoms with van der Waals surface area (Å²) < 4.78 is 2.11. The number of hydrogen-bond acceptors (Lipinski definition) is 4. The van der Waals surface area contributed by atoms with E-state index in [-0.39, 0.29) is 0 Å². The molecule has 1 aliphatic rings. The summed E-state index contributed by atoms with van der Waals surface area (Å²) in [6.07, 6.45) is 6.42. The molecule has 0 saturated carbocycles. The van der Waals surface area contributed by atoms with Crippen LogP contribution in [0.15, 0.2) is 24.4 Å². The van der Waals surface area contributed by atoms with Crippen LogP contribution in [0.2, 0.25) is 0 Å². The van der Waals surface area contributed by atoms with Crippen LogP contribution in [0.25, 0.3) is 5.65 Å². The molecule has 0 bridgehead atoms. The van der Waals surface area contributed by atoms with Crippen molar-refractivity contribution in [2.24, 2.45) is 0 Å². The Hall–Kier alpha value is -1.46. The minimum Gasteiger partial charge on any atom is -0.396 e. The van der Waals surface area contributed by atoms with Crippen molar-refractivity contribution in [3.05, 3.63) is 30.2 Å². The third kappa shape index (κ3) is 2.83. The molecule has 1 unspecified atom stereocenters. The number of fused-ring (bicyclic) bond motifs is 1. The molecular weight excluding hydrogens is 252 g/mol. The number of nitrogens with zero attached hydrogens (tertiary/aromatic N) is 4. The first-order valence-corrected chi connectivity index (χ1v) is 7.51. The quantitative estimate of drug-likeness (QED) is 0.843. The second-order valence-corrected chi connectivity index (χ2v) is 5.56. The van der Waals surface area contributed by atoms with E-state index >= 15 is 0 Å². The maximum atomic E-state index is 8.88. The summed E-state index contributed by atoms with van der Waals surface area (Å²) in [6, 6.07) is 6.02. The summed E-state index contributed by atoms with van der Waals surface area (Å²) >= 11 is 0. The average Bonchev–Trinajstić information content (AvgIpc) is 2.92. The number of aliphatic hydroxyl groups excluding tert-OH is 1. The van der Waals surface area contributed by atoms with Crippen LogP contribution < -0.4 is 0 Å². The lowest BCUT2D eigenvalue weighted by Gasteiger charge is -2.31. The largest absolute Gasteiger partial charge is 0.396 e. The van der Waals surface area contributed by atoms with Gasteiger partial charge in [-0.2, -0.15) is 0 Å². The summed E-state index contributed by atoms with van der Waals surface area (Å²) in [7, 11) is 0. The molecule has 3 rings (SSSR count). The molecule has 3 heterocycles. The van der Waals surface area contributed by atoms with Gasteiger partial charge >= 0.3 is 0 Å². The smallest absolute Gasteiger partial charge is 0.160 e. The SMILES string of the molecule is OCCCCN1CCCC(c2nnc3ccccn23)C1. The van der Waals surface area contributed by atoms with Gasteiger partial charge < -0.3 is 10.0 Å². The molecule has 0 radical (unpaired) electrons. The van der Waals surface area contributed by atoms with Crippen molar-refractivity contribution >= 4 is 5.65 Å². The molecule has 0 aromatic carbocycles. The van der Waals surface area contributed by atoms with Crippen molar-refractivity contribution in [1.29, 1.82) is 0 Å². The predicted molar refractivity (Wildman–Crippen MR) is 77.7 cm³/mol. The molecule has 1 fully saturated rings. The van der Waals surface area contributed by atoms with E-state index in [2.05, 4.69) is 25.7 Å². The van der Waals surface area contributed by atoms with Crippen LogP contribution in [0, 0.1) is 0 Å². The van der Waals surface area contributed by atoms with Crippen molar-refractivity contribution in [3.8, 4) is 0 Å². The lowest BCUT2D eigenvalue weighted by atomic mass is 9.97. The number of aromatic nitrogens is 3. The van der Waals surface area contributed by atoms with E-state index in [9.17, 15) is 0 Å². The zero-order valence-electron chi connectivity index (χ0n) is 11.8. The zero-order chi connectivity index (χ0) is 13.8. The van der Waals surface area contributed by atoms with E-state index in [0.717, 1.165) is 37.4 Å². The summed E-state index contributed by atoms with van der Waals surface area (Å²) in [5.74, 6) is 1.56. The highest BCUT2D eigenvalue weighted by Gasteiger charge is 2.24. The van der Waals surface area contributed by atoms with Crippen molar-refractivity contribution in [1.82, 2.24) is 19.5 Å². The van der Waals surface area contributed by atoms with E-state index in [1.807, 2.05) is 18.2 Å². The first kappa shape index (κ1) is 13.5. The van der Waals surface area contributed by atoms with Crippen LogP contribution in [0.4, 0.5) is 0 Å². The van der Waals surface area contributed by atoms with Crippen LogP contribution in [0.3, 0.4) is 0 Å². The fraction of sp³-hybridized carbons (Fsp3) is 0.600. The molecule has 2 aromatic heterocycles. The van der Waals surface area contributed by atoms with Gasteiger partial charge in [-0.1, -0.05) is 6.07 Å². The van der Waals surface area contributed by atoms with Gasteiger partial charge in [0.1, 0.15) is 5.82 Å². The van der Waals surface area contributed by atoms with Gasteiger partial charge in [0.15, 0.2) is 5.65 Å². The van der Waals surface area contributed by atoms with Gasteiger partial charge in [0.25, 0.3) is 0 Å². The van der Waals surface area contributed by atoms with E-state index in [1.54, 1.807) is 0 Å². The molecule has 5 heteroatoms. The van der Waals surface area contributed by atoms with Crippen molar-refractivity contribution in [2.75, 3.05) is 26.2 Å². The molecule has 0 amide bonds. The molecule has 1 saturated heterocycles. The number of unbranched alkanes of at least 4 members (excludes halogenated alkanes) is 1. The van der Waals surface area contributed by atoms with E-state index in [1.165, 1.54) is 19.4 Å². The van der Waals surface area contributed by atoms with E-state index in [0.29, 0.717) is 12.5 Å². The van der Waals surface area contributed by atoms with Gasteiger partial charge in [-0.05, 0) is 50.9 Å². The molecule has 0 aliphatic carbocycles. The van der Waals surface area contributed by atoms with Gasteiger partial charge in [-0.15, -0.1) is 10.2 Å². The van der Waals surface area contributed by atoms with Crippen molar-refractivity contribution in [3.63, 3.8) is 0 Å². The topological polar surface area (TPSA) is 53.7 Å². The first-order valence-electron chi connectivity index (χ1n) is 7.51. The number of rotatable bonds is 5. The highest BCUT2D eigenvalue weighted by atomic mass is 16.2. The molecule has 1 atom stereocenters. The van der Waals surface area contributed by atoms with Crippen LogP contribution in [0.5, 0.6) is 0 Å². The molecule has 0 spiro atoms. The lowest BCUT2D eigenvalue weighted by molar-refractivity contribution is 0.192. The molecule has 20 heavy (non-hydrogen) atoms.